The van der Waals surface area contributed by atoms with E-state index in [1.54, 1.807) is 53.2 Å². The van der Waals surface area contributed by atoms with Gasteiger partial charge in [-0.3, -0.25) is 25.1 Å². The minimum absolute atomic E-state index is 0.0364. The molecule has 2 fully saturated rings. The fourth-order valence-corrected chi connectivity index (χ4v) is 8.53. The van der Waals surface area contributed by atoms with E-state index in [-0.39, 0.29) is 35.1 Å². The number of fused-ring (bicyclic) bond motifs is 2. The van der Waals surface area contributed by atoms with Crippen LogP contribution in [0.15, 0.2) is 108 Å². The molecule has 0 aliphatic carbocycles. The van der Waals surface area contributed by atoms with Crippen molar-refractivity contribution in [1.82, 2.24) is 20.1 Å². The molecule has 1 aromatic heterocycles. The van der Waals surface area contributed by atoms with E-state index in [1.807, 2.05) is 61.5 Å². The van der Waals surface area contributed by atoms with Gasteiger partial charge in [0.15, 0.2) is 15.7 Å². The number of phenolic OH excluding ortho intramolecular Hbond substituents is 1. The van der Waals surface area contributed by atoms with Crippen molar-refractivity contribution < 1.29 is 42.4 Å². The van der Waals surface area contributed by atoms with Crippen LogP contribution in [0, 0.1) is 0 Å². The molecule has 318 valence electrons. The van der Waals surface area contributed by atoms with Crippen LogP contribution >= 0.6 is 0 Å². The highest BCUT2D eigenvalue weighted by Gasteiger charge is 2.30. The lowest BCUT2D eigenvalue weighted by molar-refractivity contribution is -0.135. The Labute approximate surface area is 354 Å². The van der Waals surface area contributed by atoms with E-state index >= 15 is 0 Å². The van der Waals surface area contributed by atoms with Gasteiger partial charge < -0.3 is 33.9 Å². The smallest absolute Gasteiger partial charge is 0.249 e. The zero-order chi connectivity index (χ0) is 42.7. The largest absolute Gasteiger partial charge is 0.508 e. The van der Waals surface area contributed by atoms with Crippen molar-refractivity contribution in [2.75, 3.05) is 63.6 Å². The van der Waals surface area contributed by atoms with Crippen LogP contribution in [-0.4, -0.2) is 105 Å². The number of ether oxygens (including phenoxy) is 3. The molecule has 14 nitrogen and oxygen atoms in total. The van der Waals surface area contributed by atoms with Crippen molar-refractivity contribution in [1.29, 1.82) is 0 Å². The normalized spacial score (nSPS) is 16.8. The van der Waals surface area contributed by atoms with Crippen LogP contribution < -0.4 is 25.0 Å². The number of phenols is 1. The van der Waals surface area contributed by atoms with Crippen LogP contribution in [0.1, 0.15) is 25.8 Å². The second kappa shape index (κ2) is 17.8. The van der Waals surface area contributed by atoms with Crippen molar-refractivity contribution in [3.63, 3.8) is 0 Å². The zero-order valence-electron chi connectivity index (χ0n) is 34.0. The van der Waals surface area contributed by atoms with E-state index in [9.17, 15) is 28.2 Å². The molecule has 15 heteroatoms. The number of hydrogen-bond acceptors (Lipinski definition) is 12. The number of nitrogens with one attached hydrogen (secondary N) is 2. The van der Waals surface area contributed by atoms with Crippen LogP contribution in [-0.2, 0) is 24.2 Å². The standard InChI is InChI=1S/C46H49N5O9S/c1-30(59-36-9-11-37(12-10-36)60-44-39(15-6-32-27-35(52)8-16-40(32)44)31-4-13-38(14-5-31)61(2,56)57)47-19-25-58-26-24-49-20-22-50(23-21-49)34-7-3-33-29-51(46(55)41(33)28-34)42-17-18-43(53)48-45(42)54/h3-16,27-30,42,47,52,55H,17-26H2,1-2H3,(H,48,53,54). The van der Waals surface area contributed by atoms with Crippen molar-refractivity contribution in [3.8, 4) is 40.0 Å². The lowest BCUT2D eigenvalue weighted by atomic mass is 9.99. The highest BCUT2D eigenvalue weighted by atomic mass is 32.2. The first-order valence-electron chi connectivity index (χ1n) is 20.4. The summed E-state index contributed by atoms with van der Waals surface area (Å²) in [6.07, 6.45) is 3.29. The summed E-state index contributed by atoms with van der Waals surface area (Å²) in [6.45, 7) is 7.94. The Morgan fingerprint density at radius 3 is 2.31 bits per heavy atom. The summed E-state index contributed by atoms with van der Waals surface area (Å²) >= 11 is 0. The maximum Gasteiger partial charge on any atom is 0.249 e. The highest BCUT2D eigenvalue weighted by molar-refractivity contribution is 7.90. The molecule has 4 N–H and O–H groups in total. The van der Waals surface area contributed by atoms with Crippen molar-refractivity contribution in [2.24, 2.45) is 0 Å². The number of aromatic nitrogens is 1. The average Bonchev–Trinajstić information content (AvgIpc) is 3.57. The molecule has 8 rings (SSSR count). The van der Waals surface area contributed by atoms with Gasteiger partial charge in [0.25, 0.3) is 0 Å². The lowest BCUT2D eigenvalue weighted by Gasteiger charge is -2.36. The van der Waals surface area contributed by atoms with Crippen molar-refractivity contribution in [3.05, 3.63) is 103 Å². The third-order valence-corrected chi connectivity index (χ3v) is 12.3. The van der Waals surface area contributed by atoms with Gasteiger partial charge in [0.2, 0.25) is 11.8 Å². The van der Waals surface area contributed by atoms with Gasteiger partial charge in [0, 0.05) is 85.6 Å². The first-order chi connectivity index (χ1) is 29.4. The van der Waals surface area contributed by atoms with Crippen LogP contribution in [0.25, 0.3) is 32.7 Å². The van der Waals surface area contributed by atoms with E-state index in [0.29, 0.717) is 48.8 Å². The third-order valence-electron chi connectivity index (χ3n) is 11.2. The van der Waals surface area contributed by atoms with Crippen LogP contribution in [0.3, 0.4) is 0 Å². The number of benzene rings is 5. The minimum atomic E-state index is -3.34. The van der Waals surface area contributed by atoms with E-state index in [0.717, 1.165) is 65.7 Å². The van der Waals surface area contributed by atoms with E-state index in [1.165, 1.54) is 6.26 Å². The number of rotatable bonds is 15. The molecule has 2 saturated heterocycles. The molecule has 2 unspecified atom stereocenters. The lowest BCUT2D eigenvalue weighted by Crippen LogP contribution is -2.47. The van der Waals surface area contributed by atoms with Crippen LogP contribution in [0.4, 0.5) is 5.69 Å². The van der Waals surface area contributed by atoms with Crippen molar-refractivity contribution in [2.45, 2.75) is 36.9 Å². The number of hydrogen-bond donors (Lipinski definition) is 4. The first-order valence-corrected chi connectivity index (χ1v) is 22.3. The van der Waals surface area contributed by atoms with Crippen LogP contribution in [0.5, 0.6) is 28.9 Å². The van der Waals surface area contributed by atoms with Crippen LogP contribution in [0.2, 0.25) is 0 Å². The van der Waals surface area contributed by atoms with Crippen molar-refractivity contribution >= 4 is 48.9 Å². The number of aromatic hydroxyl groups is 2. The molecule has 2 atom stereocenters. The Bertz CT molecular complexity index is 2660. The zero-order valence-corrected chi connectivity index (χ0v) is 34.9. The Hall–Kier alpha value is -6.13. The summed E-state index contributed by atoms with van der Waals surface area (Å²) in [5.74, 6) is 1.32. The first kappa shape index (κ1) is 41.6. The molecule has 5 aromatic carbocycles. The Morgan fingerprint density at radius 1 is 0.836 bits per heavy atom. The quantitative estimate of drug-likeness (QED) is 0.0525. The molecule has 2 amide bonds. The molecule has 61 heavy (non-hydrogen) atoms. The van der Waals surface area contributed by atoms with Gasteiger partial charge in [-0.25, -0.2) is 8.42 Å². The number of imide groups is 1. The summed E-state index contributed by atoms with van der Waals surface area (Å²) in [6, 6.07) is 28.3. The molecular formula is C46H49N5O9S. The number of nitrogens with zero attached hydrogens (tertiary/aromatic N) is 3. The number of piperazine rings is 1. The summed E-state index contributed by atoms with van der Waals surface area (Å²) in [5, 5.41) is 29.9. The number of anilines is 1. The second-order valence-electron chi connectivity index (χ2n) is 15.5. The maximum absolute atomic E-state index is 12.4. The molecule has 3 heterocycles. The molecule has 0 spiro atoms. The van der Waals surface area contributed by atoms with E-state index in [2.05, 4.69) is 20.4 Å². The number of amides is 2. The third kappa shape index (κ3) is 9.60. The van der Waals surface area contributed by atoms with Gasteiger partial charge in [0.1, 0.15) is 35.3 Å². The molecule has 0 saturated carbocycles. The summed E-state index contributed by atoms with van der Waals surface area (Å²) in [4.78, 5) is 28.9. The average molecular weight is 848 g/mol. The molecule has 2 aliphatic rings. The van der Waals surface area contributed by atoms with E-state index in [4.69, 9.17) is 14.2 Å². The van der Waals surface area contributed by atoms with Gasteiger partial charge in [-0.15, -0.1) is 0 Å². The number of carbonyl (C=O) groups excluding carboxylic acids is 2. The van der Waals surface area contributed by atoms with Gasteiger partial charge in [0.05, 0.1) is 18.1 Å². The van der Waals surface area contributed by atoms with Gasteiger partial charge in [-0.2, -0.15) is 0 Å². The Morgan fingerprint density at radius 2 is 1.57 bits per heavy atom. The fraction of sp³-hybridized carbons (Fsp3) is 0.304. The SMILES string of the molecule is CC(NCCOCCN1CCN(c2ccc3cn(C4CCC(=O)NC4=O)c(O)c3c2)CC1)Oc1ccc(Oc2c(-c3ccc(S(C)(=O)=O)cc3)ccc3cc(O)ccc23)cc1. The topological polar surface area (TPSA) is 172 Å². The maximum atomic E-state index is 12.4. The predicted molar refractivity (Wildman–Crippen MR) is 233 cm³/mol. The second-order valence-corrected chi connectivity index (χ2v) is 17.5. The molecule has 2 aliphatic heterocycles. The number of sulfone groups is 1. The van der Waals surface area contributed by atoms with Gasteiger partial charge in [-0.1, -0.05) is 24.3 Å². The van der Waals surface area contributed by atoms with Gasteiger partial charge in [-0.05, 0) is 97.1 Å². The Balaban J connectivity index is 0.771. The molecular weight excluding hydrogens is 799 g/mol. The monoisotopic (exact) mass is 847 g/mol. The summed E-state index contributed by atoms with van der Waals surface area (Å²) in [7, 11) is -3.34. The Kier molecular flexibility index (Phi) is 12.2. The minimum Gasteiger partial charge on any atom is -0.508 e. The predicted octanol–water partition coefficient (Wildman–Crippen LogP) is 6.20. The number of piperidine rings is 1. The summed E-state index contributed by atoms with van der Waals surface area (Å²) < 4.78 is 44.2. The fourth-order valence-electron chi connectivity index (χ4n) is 7.90. The molecule has 0 radical (unpaired) electrons. The summed E-state index contributed by atoms with van der Waals surface area (Å²) in [5.41, 5.74) is 2.58. The molecule has 0 bridgehead atoms. The van der Waals surface area contributed by atoms with Gasteiger partial charge >= 0.3 is 0 Å². The van der Waals surface area contributed by atoms with E-state index < -0.39 is 21.8 Å². The molecule has 6 aromatic rings. The number of carbonyl (C=O) groups is 2. The highest BCUT2D eigenvalue weighted by Crippen LogP contribution is 2.41.